The topological polar surface area (TPSA) is 25.2 Å². The Labute approximate surface area is 90.3 Å². The van der Waals surface area contributed by atoms with E-state index in [0.29, 0.717) is 0 Å². The van der Waals surface area contributed by atoms with E-state index >= 15 is 0 Å². The summed E-state index contributed by atoms with van der Waals surface area (Å²) in [6.45, 7) is 2.96. The lowest BCUT2D eigenvalue weighted by Gasteiger charge is -2.27. The van der Waals surface area contributed by atoms with Gasteiger partial charge in [-0.3, -0.25) is 4.79 Å². The molecule has 0 atom stereocenters. The predicted octanol–water partition coefficient (Wildman–Crippen LogP) is 1.56. The first-order chi connectivity index (χ1) is 7.11. The number of hydrogen-bond donors (Lipinski definition) is 0. The Balaban J connectivity index is 2.68. The Hall–Kier alpha value is -1.25. The Morgan fingerprint density at radius 3 is 2.73 bits per heavy atom. The molecule has 1 aromatic heterocycles. The second kappa shape index (κ2) is 3.72. The first-order valence-electron chi connectivity index (χ1n) is 5.52. The normalized spacial score (nSPS) is 14.9. The van der Waals surface area contributed by atoms with Crippen molar-refractivity contribution in [1.82, 2.24) is 4.57 Å². The Bertz CT molecular complexity index is 432. The fourth-order valence-corrected chi connectivity index (χ4v) is 2.40. The summed E-state index contributed by atoms with van der Waals surface area (Å²) in [5.74, 6) is 1.08. The molecule has 0 spiro atoms. The average molecular weight is 206 g/mol. The van der Waals surface area contributed by atoms with Gasteiger partial charge in [0.2, 0.25) is 0 Å². The van der Waals surface area contributed by atoms with Crippen LogP contribution in [0.15, 0.2) is 10.9 Å². The summed E-state index contributed by atoms with van der Waals surface area (Å²) in [6.07, 6.45) is 3.46. The largest absolute Gasteiger partial charge is 0.364 e. The number of anilines is 1. The first-order valence-corrected chi connectivity index (χ1v) is 5.52. The van der Waals surface area contributed by atoms with Crippen LogP contribution in [0, 0.1) is 6.92 Å². The van der Waals surface area contributed by atoms with Crippen molar-refractivity contribution in [2.45, 2.75) is 32.7 Å². The molecule has 0 aromatic carbocycles. The minimum Gasteiger partial charge on any atom is -0.364 e. The van der Waals surface area contributed by atoms with Gasteiger partial charge in [0, 0.05) is 38.0 Å². The molecule has 3 heteroatoms. The molecule has 1 aliphatic heterocycles. The molecule has 82 valence electrons. The maximum atomic E-state index is 11.8. The third kappa shape index (κ3) is 1.66. The van der Waals surface area contributed by atoms with Crippen LogP contribution in [0.2, 0.25) is 0 Å². The fourth-order valence-electron chi connectivity index (χ4n) is 2.40. The van der Waals surface area contributed by atoms with Crippen LogP contribution >= 0.6 is 0 Å². The van der Waals surface area contributed by atoms with Crippen LogP contribution in [0.3, 0.4) is 0 Å². The number of aryl methyl sites for hydroxylation is 1. The molecule has 0 fully saturated rings. The van der Waals surface area contributed by atoms with E-state index in [2.05, 4.69) is 4.57 Å². The zero-order chi connectivity index (χ0) is 11.0. The molecule has 0 amide bonds. The molecule has 0 unspecified atom stereocenters. The molecule has 0 N–H and O–H groups in total. The summed E-state index contributed by atoms with van der Waals surface area (Å²) in [5.41, 5.74) is 2.23. The minimum absolute atomic E-state index is 0.173. The molecule has 0 radical (unpaired) electrons. The maximum Gasteiger partial charge on any atom is 0.186 e. The highest BCUT2D eigenvalue weighted by molar-refractivity contribution is 5.47. The van der Waals surface area contributed by atoms with Gasteiger partial charge in [-0.05, 0) is 26.2 Å². The molecule has 15 heavy (non-hydrogen) atoms. The van der Waals surface area contributed by atoms with Gasteiger partial charge < -0.3 is 9.47 Å². The van der Waals surface area contributed by atoms with E-state index in [4.69, 9.17) is 0 Å². The van der Waals surface area contributed by atoms with Gasteiger partial charge in [0.25, 0.3) is 0 Å². The van der Waals surface area contributed by atoms with Crippen molar-refractivity contribution in [2.75, 3.05) is 19.0 Å². The van der Waals surface area contributed by atoms with Gasteiger partial charge in [-0.2, -0.15) is 0 Å². The van der Waals surface area contributed by atoms with Gasteiger partial charge in [0.05, 0.1) is 0 Å². The fraction of sp³-hybridized carbons (Fsp3) is 0.583. The monoisotopic (exact) mass is 206 g/mol. The van der Waals surface area contributed by atoms with E-state index < -0.39 is 0 Å². The molecular formula is C12H18N2O. The highest BCUT2D eigenvalue weighted by atomic mass is 16.1. The molecule has 1 aromatic rings. The van der Waals surface area contributed by atoms with E-state index in [1.54, 1.807) is 0 Å². The summed E-state index contributed by atoms with van der Waals surface area (Å²) in [7, 11) is 4.01. The SMILES string of the molecule is Cc1c(N(C)C)n2c(cc1=O)CCCC2. The first kappa shape index (κ1) is 10.3. The van der Waals surface area contributed by atoms with Crippen LogP contribution in [0.1, 0.15) is 24.1 Å². The van der Waals surface area contributed by atoms with E-state index in [1.165, 1.54) is 18.5 Å². The molecule has 3 nitrogen and oxygen atoms in total. The Morgan fingerprint density at radius 2 is 2.07 bits per heavy atom. The molecule has 0 bridgehead atoms. The van der Waals surface area contributed by atoms with Crippen LogP contribution in [0.5, 0.6) is 0 Å². The highest BCUT2D eigenvalue weighted by Gasteiger charge is 2.16. The van der Waals surface area contributed by atoms with Gasteiger partial charge in [0.1, 0.15) is 5.82 Å². The molecule has 2 rings (SSSR count). The van der Waals surface area contributed by atoms with Gasteiger partial charge in [0.15, 0.2) is 5.43 Å². The number of fused-ring (bicyclic) bond motifs is 1. The summed E-state index contributed by atoms with van der Waals surface area (Å²) in [5, 5.41) is 0. The van der Waals surface area contributed by atoms with Crippen LogP contribution in [-0.2, 0) is 13.0 Å². The third-order valence-corrected chi connectivity index (χ3v) is 3.09. The summed E-state index contributed by atoms with van der Waals surface area (Å²) >= 11 is 0. The average Bonchev–Trinajstić information content (AvgIpc) is 2.19. The van der Waals surface area contributed by atoms with Crippen molar-refractivity contribution in [2.24, 2.45) is 0 Å². The molecule has 0 saturated carbocycles. The van der Waals surface area contributed by atoms with Crippen molar-refractivity contribution in [3.63, 3.8) is 0 Å². The van der Waals surface area contributed by atoms with Crippen molar-refractivity contribution in [3.05, 3.63) is 27.5 Å². The number of aromatic nitrogens is 1. The van der Waals surface area contributed by atoms with Crippen molar-refractivity contribution < 1.29 is 0 Å². The van der Waals surface area contributed by atoms with E-state index in [9.17, 15) is 4.79 Å². The Morgan fingerprint density at radius 1 is 1.33 bits per heavy atom. The second-order valence-corrected chi connectivity index (χ2v) is 4.45. The highest BCUT2D eigenvalue weighted by Crippen LogP contribution is 2.22. The smallest absolute Gasteiger partial charge is 0.186 e. The van der Waals surface area contributed by atoms with Crippen LogP contribution in [-0.4, -0.2) is 18.7 Å². The van der Waals surface area contributed by atoms with Crippen molar-refractivity contribution in [1.29, 1.82) is 0 Å². The standard InChI is InChI=1S/C12H18N2O/c1-9-11(15)8-10-6-4-5-7-14(10)12(9)13(2)3/h8H,4-7H2,1-3H3. The van der Waals surface area contributed by atoms with Crippen LogP contribution in [0.25, 0.3) is 0 Å². The third-order valence-electron chi connectivity index (χ3n) is 3.09. The molecule has 1 aliphatic rings. The number of hydrogen-bond acceptors (Lipinski definition) is 2. The number of rotatable bonds is 1. The minimum atomic E-state index is 0.173. The number of nitrogens with zero attached hydrogens (tertiary/aromatic N) is 2. The molecule has 0 saturated heterocycles. The van der Waals surface area contributed by atoms with Gasteiger partial charge >= 0.3 is 0 Å². The quantitative estimate of drug-likeness (QED) is 0.696. The van der Waals surface area contributed by atoms with Crippen molar-refractivity contribution >= 4 is 5.82 Å². The lowest BCUT2D eigenvalue weighted by Crippen LogP contribution is -2.27. The van der Waals surface area contributed by atoms with Crippen molar-refractivity contribution in [3.8, 4) is 0 Å². The molecule has 0 aliphatic carbocycles. The zero-order valence-electron chi connectivity index (χ0n) is 9.71. The lowest BCUT2D eigenvalue weighted by atomic mass is 10.1. The lowest BCUT2D eigenvalue weighted by molar-refractivity contribution is 0.523. The Kier molecular flexibility index (Phi) is 2.55. The van der Waals surface area contributed by atoms with Gasteiger partial charge in [-0.15, -0.1) is 0 Å². The summed E-state index contributed by atoms with van der Waals surface area (Å²) in [4.78, 5) is 13.8. The summed E-state index contributed by atoms with van der Waals surface area (Å²) in [6, 6.07) is 1.81. The second-order valence-electron chi connectivity index (χ2n) is 4.45. The molecule has 2 heterocycles. The maximum absolute atomic E-state index is 11.8. The predicted molar refractivity (Wildman–Crippen MR) is 62.7 cm³/mol. The van der Waals surface area contributed by atoms with Gasteiger partial charge in [-0.25, -0.2) is 0 Å². The zero-order valence-corrected chi connectivity index (χ0v) is 9.71. The summed E-state index contributed by atoms with van der Waals surface area (Å²) < 4.78 is 2.29. The molecular weight excluding hydrogens is 188 g/mol. The van der Waals surface area contributed by atoms with Crippen LogP contribution in [0.4, 0.5) is 5.82 Å². The number of pyridine rings is 1. The van der Waals surface area contributed by atoms with E-state index in [1.807, 2.05) is 32.0 Å². The van der Waals surface area contributed by atoms with Crippen LogP contribution < -0.4 is 10.3 Å². The van der Waals surface area contributed by atoms with Gasteiger partial charge in [-0.1, -0.05) is 0 Å². The van der Waals surface area contributed by atoms with E-state index in [-0.39, 0.29) is 5.43 Å². The van der Waals surface area contributed by atoms with E-state index in [0.717, 1.165) is 24.3 Å².